The molecule has 1 saturated heterocycles. The number of nitrogens with zero attached hydrogens (tertiary/aromatic N) is 2. The van der Waals surface area contributed by atoms with E-state index in [4.69, 9.17) is 23.2 Å². The van der Waals surface area contributed by atoms with Gasteiger partial charge in [0, 0.05) is 38.4 Å². The van der Waals surface area contributed by atoms with Gasteiger partial charge in [-0.3, -0.25) is 14.6 Å². The lowest BCUT2D eigenvalue weighted by atomic mass is 10.1. The average Bonchev–Trinajstić information content (AvgIpc) is 2.62. The maximum absolute atomic E-state index is 12.4. The first-order valence-corrected chi connectivity index (χ1v) is 9.92. The SMILES string of the molecule is Cc1ccc(NC(=O)CN2CCN(Cc3ccc(Cl)c(Cl)c3)CC2)c(C)c1. The van der Waals surface area contributed by atoms with Crippen molar-refractivity contribution in [3.63, 3.8) is 0 Å². The molecule has 1 N–H and O–H groups in total. The van der Waals surface area contributed by atoms with Crippen LogP contribution in [-0.4, -0.2) is 48.4 Å². The second-order valence-electron chi connectivity index (χ2n) is 7.17. The number of hydrogen-bond donors (Lipinski definition) is 1. The number of amides is 1. The van der Waals surface area contributed by atoms with Gasteiger partial charge in [-0.2, -0.15) is 0 Å². The molecule has 27 heavy (non-hydrogen) atoms. The van der Waals surface area contributed by atoms with Gasteiger partial charge < -0.3 is 5.32 Å². The van der Waals surface area contributed by atoms with Crippen LogP contribution in [0.4, 0.5) is 5.69 Å². The van der Waals surface area contributed by atoms with Crippen LogP contribution in [0.2, 0.25) is 10.0 Å². The molecule has 1 amide bonds. The highest BCUT2D eigenvalue weighted by atomic mass is 35.5. The third kappa shape index (κ3) is 5.69. The second kappa shape index (κ2) is 9.07. The van der Waals surface area contributed by atoms with Gasteiger partial charge in [0.05, 0.1) is 16.6 Å². The van der Waals surface area contributed by atoms with Gasteiger partial charge in [0.15, 0.2) is 0 Å². The van der Waals surface area contributed by atoms with Crippen molar-refractivity contribution in [3.8, 4) is 0 Å². The fraction of sp³-hybridized carbons (Fsp3) is 0.381. The highest BCUT2D eigenvalue weighted by molar-refractivity contribution is 6.42. The molecule has 1 aliphatic rings. The van der Waals surface area contributed by atoms with Crippen molar-refractivity contribution in [2.75, 3.05) is 38.0 Å². The Labute approximate surface area is 171 Å². The van der Waals surface area contributed by atoms with Crippen molar-refractivity contribution >= 4 is 34.8 Å². The van der Waals surface area contributed by atoms with E-state index in [0.29, 0.717) is 16.6 Å². The van der Waals surface area contributed by atoms with Crippen LogP contribution in [-0.2, 0) is 11.3 Å². The summed E-state index contributed by atoms with van der Waals surface area (Å²) in [4.78, 5) is 16.9. The van der Waals surface area contributed by atoms with Gasteiger partial charge in [0.1, 0.15) is 0 Å². The van der Waals surface area contributed by atoms with Gasteiger partial charge in [-0.05, 0) is 43.2 Å². The van der Waals surface area contributed by atoms with Crippen LogP contribution in [0.3, 0.4) is 0 Å². The number of nitrogens with one attached hydrogen (secondary N) is 1. The number of piperazine rings is 1. The van der Waals surface area contributed by atoms with E-state index in [1.165, 1.54) is 5.56 Å². The van der Waals surface area contributed by atoms with Crippen LogP contribution in [0.1, 0.15) is 16.7 Å². The molecule has 4 nitrogen and oxygen atoms in total. The zero-order valence-corrected chi connectivity index (χ0v) is 17.3. The number of carbonyl (C=O) groups excluding carboxylic acids is 1. The summed E-state index contributed by atoms with van der Waals surface area (Å²) in [5, 5.41) is 4.20. The summed E-state index contributed by atoms with van der Waals surface area (Å²) in [6.45, 7) is 8.95. The van der Waals surface area contributed by atoms with Gasteiger partial charge in [0.25, 0.3) is 0 Å². The number of halogens is 2. The van der Waals surface area contributed by atoms with E-state index in [1.807, 2.05) is 37.3 Å². The molecule has 0 bridgehead atoms. The van der Waals surface area contributed by atoms with Crippen LogP contribution >= 0.6 is 23.2 Å². The van der Waals surface area contributed by atoms with Crippen LogP contribution in [0.25, 0.3) is 0 Å². The number of carbonyl (C=O) groups is 1. The molecular formula is C21H25Cl2N3O. The standard InChI is InChI=1S/C21H25Cl2N3O/c1-15-3-6-20(16(2)11-15)24-21(27)14-26-9-7-25(8-10-26)13-17-4-5-18(22)19(23)12-17/h3-6,11-12H,7-10,13-14H2,1-2H3,(H,24,27). The van der Waals surface area contributed by atoms with Gasteiger partial charge in [-0.15, -0.1) is 0 Å². The highest BCUT2D eigenvalue weighted by Gasteiger charge is 2.19. The summed E-state index contributed by atoms with van der Waals surface area (Å²) in [5.74, 6) is 0.0416. The smallest absolute Gasteiger partial charge is 0.238 e. The van der Waals surface area contributed by atoms with E-state index < -0.39 is 0 Å². The molecule has 0 aliphatic carbocycles. The molecule has 0 aromatic heterocycles. The summed E-state index contributed by atoms with van der Waals surface area (Å²) >= 11 is 12.1. The van der Waals surface area contributed by atoms with E-state index in [1.54, 1.807) is 0 Å². The number of benzene rings is 2. The third-order valence-electron chi connectivity index (χ3n) is 4.88. The first-order valence-electron chi connectivity index (χ1n) is 9.16. The van der Waals surface area contributed by atoms with E-state index in [2.05, 4.69) is 28.1 Å². The molecule has 0 unspecified atom stereocenters. The maximum Gasteiger partial charge on any atom is 0.238 e. The average molecular weight is 406 g/mol. The third-order valence-corrected chi connectivity index (χ3v) is 5.62. The molecule has 144 valence electrons. The lowest BCUT2D eigenvalue weighted by Crippen LogP contribution is -2.48. The van der Waals surface area contributed by atoms with Gasteiger partial charge in [-0.1, -0.05) is 47.0 Å². The molecule has 0 saturated carbocycles. The Kier molecular flexibility index (Phi) is 6.77. The van der Waals surface area contributed by atoms with E-state index in [0.717, 1.165) is 49.5 Å². The molecule has 0 radical (unpaired) electrons. The topological polar surface area (TPSA) is 35.6 Å². The Balaban J connectivity index is 1.46. The summed E-state index contributed by atoms with van der Waals surface area (Å²) in [5.41, 5.74) is 4.34. The first-order chi connectivity index (χ1) is 12.9. The predicted octanol–water partition coefficient (Wildman–Crippen LogP) is 4.37. The van der Waals surface area contributed by atoms with Crippen molar-refractivity contribution in [3.05, 3.63) is 63.1 Å². The summed E-state index contributed by atoms with van der Waals surface area (Å²) in [6, 6.07) is 11.8. The maximum atomic E-state index is 12.4. The Bertz CT molecular complexity index is 817. The Morgan fingerprint density at radius 3 is 2.33 bits per heavy atom. The Morgan fingerprint density at radius 1 is 0.963 bits per heavy atom. The van der Waals surface area contributed by atoms with Crippen LogP contribution in [0.5, 0.6) is 0 Å². The van der Waals surface area contributed by atoms with E-state index >= 15 is 0 Å². The van der Waals surface area contributed by atoms with E-state index in [-0.39, 0.29) is 5.91 Å². The fourth-order valence-corrected chi connectivity index (χ4v) is 3.67. The molecule has 3 rings (SSSR count). The normalized spacial score (nSPS) is 15.7. The minimum atomic E-state index is 0.0416. The molecule has 6 heteroatoms. The quantitative estimate of drug-likeness (QED) is 0.801. The van der Waals surface area contributed by atoms with Crippen molar-refractivity contribution in [1.82, 2.24) is 9.80 Å². The molecule has 1 aliphatic heterocycles. The van der Waals surface area contributed by atoms with E-state index in [9.17, 15) is 4.79 Å². The summed E-state index contributed by atoms with van der Waals surface area (Å²) in [7, 11) is 0. The molecule has 2 aromatic rings. The minimum Gasteiger partial charge on any atom is -0.325 e. The highest BCUT2D eigenvalue weighted by Crippen LogP contribution is 2.23. The van der Waals surface area contributed by atoms with Gasteiger partial charge in [-0.25, -0.2) is 0 Å². The monoisotopic (exact) mass is 405 g/mol. The molecule has 0 spiro atoms. The molecule has 2 aromatic carbocycles. The predicted molar refractivity (Wildman–Crippen MR) is 113 cm³/mol. The summed E-state index contributed by atoms with van der Waals surface area (Å²) < 4.78 is 0. The molecule has 1 heterocycles. The lowest BCUT2D eigenvalue weighted by molar-refractivity contribution is -0.117. The number of hydrogen-bond acceptors (Lipinski definition) is 3. The van der Waals surface area contributed by atoms with Crippen molar-refractivity contribution < 1.29 is 4.79 Å². The van der Waals surface area contributed by atoms with Crippen LogP contribution < -0.4 is 5.32 Å². The number of aryl methyl sites for hydroxylation is 2. The van der Waals surface area contributed by atoms with Crippen molar-refractivity contribution in [2.24, 2.45) is 0 Å². The fourth-order valence-electron chi connectivity index (χ4n) is 3.35. The Hall–Kier alpha value is -1.59. The zero-order valence-electron chi connectivity index (χ0n) is 15.8. The van der Waals surface area contributed by atoms with Crippen molar-refractivity contribution in [2.45, 2.75) is 20.4 Å². The first kappa shape index (κ1) is 20.2. The van der Waals surface area contributed by atoms with Gasteiger partial charge >= 0.3 is 0 Å². The zero-order chi connectivity index (χ0) is 19.4. The summed E-state index contributed by atoms with van der Waals surface area (Å²) in [6.07, 6.45) is 0. The van der Waals surface area contributed by atoms with Crippen LogP contribution in [0, 0.1) is 13.8 Å². The molecular weight excluding hydrogens is 381 g/mol. The Morgan fingerprint density at radius 2 is 1.67 bits per heavy atom. The minimum absolute atomic E-state index is 0.0416. The largest absolute Gasteiger partial charge is 0.325 e. The second-order valence-corrected chi connectivity index (χ2v) is 7.98. The lowest BCUT2D eigenvalue weighted by Gasteiger charge is -2.34. The van der Waals surface area contributed by atoms with Crippen LogP contribution in [0.15, 0.2) is 36.4 Å². The number of anilines is 1. The molecule has 0 atom stereocenters. The van der Waals surface area contributed by atoms with Gasteiger partial charge in [0.2, 0.25) is 5.91 Å². The van der Waals surface area contributed by atoms with Crippen molar-refractivity contribution in [1.29, 1.82) is 0 Å². The number of rotatable bonds is 5. The molecule has 1 fully saturated rings.